The molecule has 5 heteroatoms. The summed E-state index contributed by atoms with van der Waals surface area (Å²) in [6, 6.07) is -0.418. The first-order valence-electron chi connectivity index (χ1n) is 6.30. The lowest BCUT2D eigenvalue weighted by Crippen LogP contribution is -2.42. The second kappa shape index (κ2) is 6.59. The molecular formula is C12H22N2O3. The molecule has 1 fully saturated rings. The number of aliphatic carboxylic acids is 1. The predicted octanol–water partition coefficient (Wildman–Crippen LogP) is 0.827. The van der Waals surface area contributed by atoms with Crippen molar-refractivity contribution in [2.24, 2.45) is 11.7 Å². The smallest absolute Gasteiger partial charge is 0.303 e. The van der Waals surface area contributed by atoms with E-state index in [0.29, 0.717) is 13.1 Å². The molecule has 98 valence electrons. The van der Waals surface area contributed by atoms with Gasteiger partial charge in [-0.1, -0.05) is 19.8 Å². The molecule has 0 bridgehead atoms. The largest absolute Gasteiger partial charge is 0.481 e. The van der Waals surface area contributed by atoms with Crippen molar-refractivity contribution in [1.82, 2.24) is 4.90 Å². The van der Waals surface area contributed by atoms with E-state index in [4.69, 9.17) is 10.8 Å². The molecule has 1 rings (SSSR count). The van der Waals surface area contributed by atoms with Gasteiger partial charge < -0.3 is 15.7 Å². The van der Waals surface area contributed by atoms with E-state index in [1.165, 1.54) is 0 Å². The molecule has 0 aromatic heterocycles. The Balaban J connectivity index is 2.36. The zero-order chi connectivity index (χ0) is 12.8. The third-order valence-electron chi connectivity index (χ3n) is 3.25. The third kappa shape index (κ3) is 4.34. The summed E-state index contributed by atoms with van der Waals surface area (Å²) in [6.07, 6.45) is 3.63. The third-order valence-corrected chi connectivity index (χ3v) is 3.25. The van der Waals surface area contributed by atoms with Crippen molar-refractivity contribution < 1.29 is 14.7 Å². The van der Waals surface area contributed by atoms with Gasteiger partial charge in [0.2, 0.25) is 5.91 Å². The highest BCUT2D eigenvalue weighted by atomic mass is 16.4. The van der Waals surface area contributed by atoms with Crippen LogP contribution in [0.15, 0.2) is 0 Å². The van der Waals surface area contributed by atoms with E-state index in [0.717, 1.165) is 25.7 Å². The van der Waals surface area contributed by atoms with Gasteiger partial charge in [0.05, 0.1) is 6.04 Å². The van der Waals surface area contributed by atoms with Gasteiger partial charge in [-0.3, -0.25) is 9.59 Å². The molecule has 1 aliphatic heterocycles. The number of nitrogens with zero attached hydrogens (tertiary/aromatic N) is 1. The highest BCUT2D eigenvalue weighted by molar-refractivity contribution is 5.82. The maximum Gasteiger partial charge on any atom is 0.303 e. The van der Waals surface area contributed by atoms with Gasteiger partial charge in [-0.2, -0.15) is 0 Å². The number of unbranched alkanes of at least 4 members (excludes halogenated alkanes) is 1. The topological polar surface area (TPSA) is 83.6 Å². The minimum absolute atomic E-state index is 0.0219. The second-order valence-corrected chi connectivity index (χ2v) is 4.79. The lowest BCUT2D eigenvalue weighted by Gasteiger charge is -2.20. The average molecular weight is 242 g/mol. The minimum atomic E-state index is -0.792. The summed E-state index contributed by atoms with van der Waals surface area (Å²) < 4.78 is 0. The number of rotatable bonds is 6. The fourth-order valence-corrected chi connectivity index (χ4v) is 2.23. The number of hydrogen-bond acceptors (Lipinski definition) is 3. The van der Waals surface area contributed by atoms with Gasteiger partial charge in [0.15, 0.2) is 0 Å². The molecule has 0 spiro atoms. The Bertz CT molecular complexity index is 281. The fraction of sp³-hybridized carbons (Fsp3) is 0.833. The Morgan fingerprint density at radius 1 is 1.53 bits per heavy atom. The summed E-state index contributed by atoms with van der Waals surface area (Å²) >= 11 is 0. The molecule has 2 atom stereocenters. The monoisotopic (exact) mass is 242 g/mol. The molecule has 1 unspecified atom stereocenters. The molecule has 0 aromatic carbocycles. The van der Waals surface area contributed by atoms with Crippen LogP contribution in [0.25, 0.3) is 0 Å². The van der Waals surface area contributed by atoms with Crippen LogP contribution in [-0.4, -0.2) is 41.0 Å². The molecule has 5 nitrogen and oxygen atoms in total. The van der Waals surface area contributed by atoms with Crippen LogP contribution < -0.4 is 5.73 Å². The molecule has 0 aliphatic carbocycles. The van der Waals surface area contributed by atoms with E-state index in [1.807, 2.05) is 0 Å². The van der Waals surface area contributed by atoms with Gasteiger partial charge >= 0.3 is 5.97 Å². The van der Waals surface area contributed by atoms with Crippen molar-refractivity contribution >= 4 is 11.9 Å². The molecule has 17 heavy (non-hydrogen) atoms. The summed E-state index contributed by atoms with van der Waals surface area (Å²) in [5.74, 6) is -0.722. The zero-order valence-corrected chi connectivity index (χ0v) is 10.4. The quantitative estimate of drug-likeness (QED) is 0.722. The first-order valence-corrected chi connectivity index (χ1v) is 6.30. The Kier molecular flexibility index (Phi) is 5.41. The van der Waals surface area contributed by atoms with E-state index in [-0.39, 0.29) is 18.2 Å². The molecule has 1 amide bonds. The summed E-state index contributed by atoms with van der Waals surface area (Å²) in [6.45, 7) is 3.26. The fourth-order valence-electron chi connectivity index (χ4n) is 2.23. The predicted molar refractivity (Wildman–Crippen MR) is 64.4 cm³/mol. The number of likely N-dealkylation sites (tertiary alicyclic amines) is 1. The highest BCUT2D eigenvalue weighted by Gasteiger charge is 2.29. The zero-order valence-electron chi connectivity index (χ0n) is 10.4. The molecule has 0 radical (unpaired) electrons. The van der Waals surface area contributed by atoms with Gasteiger partial charge in [-0.25, -0.2) is 0 Å². The van der Waals surface area contributed by atoms with Crippen LogP contribution in [0.2, 0.25) is 0 Å². The van der Waals surface area contributed by atoms with Crippen molar-refractivity contribution in [3.63, 3.8) is 0 Å². The molecule has 1 aliphatic rings. The van der Waals surface area contributed by atoms with Gasteiger partial charge in [0.1, 0.15) is 0 Å². The number of hydrogen-bond donors (Lipinski definition) is 2. The Hall–Kier alpha value is -1.10. The first kappa shape index (κ1) is 14.0. The number of carboxylic acid groups (broad SMARTS) is 1. The normalized spacial score (nSPS) is 21.5. The van der Waals surface area contributed by atoms with Crippen molar-refractivity contribution in [2.75, 3.05) is 13.1 Å². The first-order chi connectivity index (χ1) is 8.04. The molecule has 0 saturated carbocycles. The summed E-state index contributed by atoms with van der Waals surface area (Å²) in [7, 11) is 0. The lowest BCUT2D eigenvalue weighted by molar-refractivity contribution is -0.138. The van der Waals surface area contributed by atoms with Crippen LogP contribution in [0.3, 0.4) is 0 Å². The summed E-state index contributed by atoms with van der Waals surface area (Å²) in [5, 5.41) is 8.70. The minimum Gasteiger partial charge on any atom is -0.481 e. The van der Waals surface area contributed by atoms with E-state index < -0.39 is 12.0 Å². The van der Waals surface area contributed by atoms with Crippen LogP contribution in [0.4, 0.5) is 0 Å². The number of carbonyl (C=O) groups is 2. The van der Waals surface area contributed by atoms with Gasteiger partial charge in [-0.15, -0.1) is 0 Å². The van der Waals surface area contributed by atoms with Crippen LogP contribution >= 0.6 is 0 Å². The average Bonchev–Trinajstić information content (AvgIpc) is 2.72. The second-order valence-electron chi connectivity index (χ2n) is 4.79. The number of nitrogens with two attached hydrogens (primary N) is 1. The number of carboxylic acids is 1. The Labute approximate surface area is 102 Å². The van der Waals surface area contributed by atoms with E-state index >= 15 is 0 Å². The SMILES string of the molecule is CCCC[C@H](N)C(=O)N1CCC(CC(=O)O)C1. The number of amides is 1. The Morgan fingerprint density at radius 2 is 2.24 bits per heavy atom. The van der Waals surface area contributed by atoms with Gasteiger partial charge in [0.25, 0.3) is 0 Å². The van der Waals surface area contributed by atoms with Crippen LogP contribution in [0, 0.1) is 5.92 Å². The standard InChI is InChI=1S/C12H22N2O3/c1-2-3-4-10(13)12(17)14-6-5-9(8-14)7-11(15)16/h9-10H,2-8,13H2,1H3,(H,15,16)/t9?,10-/m0/s1. The van der Waals surface area contributed by atoms with E-state index in [2.05, 4.69) is 6.92 Å². The molecule has 0 aromatic rings. The highest BCUT2D eigenvalue weighted by Crippen LogP contribution is 2.20. The molecular weight excluding hydrogens is 220 g/mol. The molecule has 3 N–H and O–H groups in total. The number of carbonyl (C=O) groups excluding carboxylic acids is 1. The van der Waals surface area contributed by atoms with Gasteiger partial charge in [0, 0.05) is 19.5 Å². The van der Waals surface area contributed by atoms with Crippen molar-refractivity contribution in [2.45, 2.75) is 45.1 Å². The Morgan fingerprint density at radius 3 is 2.82 bits per heavy atom. The van der Waals surface area contributed by atoms with Crippen LogP contribution in [0.5, 0.6) is 0 Å². The van der Waals surface area contributed by atoms with Crippen LogP contribution in [0.1, 0.15) is 39.0 Å². The van der Waals surface area contributed by atoms with Crippen molar-refractivity contribution in [1.29, 1.82) is 0 Å². The maximum absolute atomic E-state index is 11.9. The van der Waals surface area contributed by atoms with Crippen molar-refractivity contribution in [3.8, 4) is 0 Å². The molecule has 1 heterocycles. The van der Waals surface area contributed by atoms with Gasteiger partial charge in [-0.05, 0) is 18.8 Å². The van der Waals surface area contributed by atoms with E-state index in [9.17, 15) is 9.59 Å². The van der Waals surface area contributed by atoms with E-state index in [1.54, 1.807) is 4.90 Å². The maximum atomic E-state index is 11.9. The van der Waals surface area contributed by atoms with Crippen LogP contribution in [-0.2, 0) is 9.59 Å². The summed E-state index contributed by atoms with van der Waals surface area (Å²) in [5.41, 5.74) is 5.82. The summed E-state index contributed by atoms with van der Waals surface area (Å²) in [4.78, 5) is 24.2. The lowest BCUT2D eigenvalue weighted by atomic mass is 10.1. The molecule has 1 saturated heterocycles. The van der Waals surface area contributed by atoms with Crippen molar-refractivity contribution in [3.05, 3.63) is 0 Å².